The molecule has 1 aromatic carbocycles. The minimum atomic E-state index is -1.20. The fraction of sp³-hybridized carbons (Fsp3) is 0.522. The minimum Gasteiger partial charge on any atom is -0.476 e. The molecule has 1 aromatic heterocycles. The number of nitrogens with zero attached hydrogens (tertiary/aromatic N) is 1. The van der Waals surface area contributed by atoms with Crippen LogP contribution in [-0.2, 0) is 4.79 Å². The lowest BCUT2D eigenvalue weighted by Gasteiger charge is -2.23. The number of hydrogen-bond acceptors (Lipinski definition) is 5. The van der Waals surface area contributed by atoms with Gasteiger partial charge in [-0.15, -0.1) is 0 Å². The first kappa shape index (κ1) is 22.0. The Morgan fingerprint density at radius 1 is 1.13 bits per heavy atom. The van der Waals surface area contributed by atoms with E-state index in [0.717, 1.165) is 18.2 Å². The predicted octanol–water partition coefficient (Wildman–Crippen LogP) is 4.40. The van der Waals surface area contributed by atoms with Gasteiger partial charge in [0.2, 0.25) is 11.8 Å². The Balaban J connectivity index is 1.56. The van der Waals surface area contributed by atoms with Gasteiger partial charge in [-0.2, -0.15) is 0 Å². The summed E-state index contributed by atoms with van der Waals surface area (Å²) >= 11 is 0. The SMILES string of the molecule is O=C(CCC1CCCCC1)NC(CCC(O)c1nc(C(=O)O)co1)c1ccccc1. The molecule has 0 saturated heterocycles. The van der Waals surface area contributed by atoms with E-state index < -0.39 is 12.1 Å². The first-order valence-electron chi connectivity index (χ1n) is 10.7. The largest absolute Gasteiger partial charge is 0.476 e. The van der Waals surface area contributed by atoms with Crippen molar-refractivity contribution < 1.29 is 24.2 Å². The summed E-state index contributed by atoms with van der Waals surface area (Å²) in [6.07, 6.45) is 8.44. The second-order valence-electron chi connectivity index (χ2n) is 8.04. The van der Waals surface area contributed by atoms with E-state index in [2.05, 4.69) is 10.3 Å². The molecule has 2 aromatic rings. The van der Waals surface area contributed by atoms with Crippen LogP contribution in [-0.4, -0.2) is 27.1 Å². The van der Waals surface area contributed by atoms with Crippen LogP contribution < -0.4 is 5.32 Å². The molecule has 1 heterocycles. The van der Waals surface area contributed by atoms with Crippen LogP contribution >= 0.6 is 0 Å². The molecule has 162 valence electrons. The number of rotatable bonds is 10. The van der Waals surface area contributed by atoms with Gasteiger partial charge in [-0.3, -0.25) is 4.79 Å². The molecule has 0 bridgehead atoms. The maximum absolute atomic E-state index is 12.6. The van der Waals surface area contributed by atoms with Gasteiger partial charge >= 0.3 is 5.97 Å². The Bertz CT molecular complexity index is 814. The zero-order valence-corrected chi connectivity index (χ0v) is 17.1. The lowest BCUT2D eigenvalue weighted by Crippen LogP contribution is -2.29. The van der Waals surface area contributed by atoms with Crippen LogP contribution in [0.4, 0.5) is 0 Å². The van der Waals surface area contributed by atoms with Crippen LogP contribution in [0.5, 0.6) is 0 Å². The van der Waals surface area contributed by atoms with Crippen molar-refractivity contribution >= 4 is 11.9 Å². The van der Waals surface area contributed by atoms with Crippen molar-refractivity contribution in [2.75, 3.05) is 0 Å². The molecule has 3 rings (SSSR count). The highest BCUT2D eigenvalue weighted by molar-refractivity contribution is 5.84. The number of aromatic nitrogens is 1. The quantitative estimate of drug-likeness (QED) is 0.531. The molecule has 3 N–H and O–H groups in total. The summed E-state index contributed by atoms with van der Waals surface area (Å²) < 4.78 is 5.08. The lowest BCUT2D eigenvalue weighted by molar-refractivity contribution is -0.122. The zero-order chi connectivity index (χ0) is 21.3. The Labute approximate surface area is 176 Å². The molecule has 30 heavy (non-hydrogen) atoms. The summed E-state index contributed by atoms with van der Waals surface area (Å²) in [6.45, 7) is 0. The first-order chi connectivity index (χ1) is 14.5. The monoisotopic (exact) mass is 414 g/mol. The van der Waals surface area contributed by atoms with Gasteiger partial charge < -0.3 is 19.9 Å². The van der Waals surface area contributed by atoms with Crippen molar-refractivity contribution in [1.29, 1.82) is 0 Å². The second kappa shape index (κ2) is 10.9. The van der Waals surface area contributed by atoms with E-state index >= 15 is 0 Å². The standard InChI is InChI=1S/C23H30N2O5/c26-20(22-25-19(15-30-22)23(28)29)13-12-18(17-9-5-2-6-10-17)24-21(27)14-11-16-7-3-1-4-8-16/h2,5-6,9-10,15-16,18,20,26H,1,3-4,7-8,11-14H2,(H,24,27)(H,28,29). The molecular weight excluding hydrogens is 384 g/mol. The maximum atomic E-state index is 12.6. The number of hydrogen-bond donors (Lipinski definition) is 3. The van der Waals surface area contributed by atoms with Crippen molar-refractivity contribution in [2.24, 2.45) is 5.92 Å². The van der Waals surface area contributed by atoms with Gasteiger partial charge in [0.1, 0.15) is 12.4 Å². The van der Waals surface area contributed by atoms with Crippen LogP contribution in [0, 0.1) is 5.92 Å². The molecule has 2 atom stereocenters. The summed E-state index contributed by atoms with van der Waals surface area (Å²) in [5, 5.41) is 22.4. The number of aromatic carboxylic acids is 1. The van der Waals surface area contributed by atoms with E-state index in [1.807, 2.05) is 30.3 Å². The summed E-state index contributed by atoms with van der Waals surface area (Å²) in [5.74, 6) is -0.560. The number of benzene rings is 1. The Hall–Kier alpha value is -2.67. The third kappa shape index (κ3) is 6.42. The number of carbonyl (C=O) groups excluding carboxylic acids is 1. The number of aliphatic hydroxyl groups excluding tert-OH is 1. The molecule has 1 aliphatic rings. The molecular formula is C23H30N2O5. The van der Waals surface area contributed by atoms with Crippen molar-refractivity contribution in [3.63, 3.8) is 0 Å². The minimum absolute atomic E-state index is 0.0215. The molecule has 0 spiro atoms. The Morgan fingerprint density at radius 3 is 2.53 bits per heavy atom. The molecule has 1 amide bonds. The highest BCUT2D eigenvalue weighted by Gasteiger charge is 2.22. The molecule has 0 radical (unpaired) electrons. The van der Waals surface area contributed by atoms with Crippen LogP contribution in [0.2, 0.25) is 0 Å². The zero-order valence-electron chi connectivity index (χ0n) is 17.1. The molecule has 1 fully saturated rings. The molecule has 7 heteroatoms. The third-order valence-corrected chi connectivity index (χ3v) is 5.80. The smallest absolute Gasteiger partial charge is 0.357 e. The fourth-order valence-corrected chi connectivity index (χ4v) is 4.07. The number of carbonyl (C=O) groups is 2. The highest BCUT2D eigenvalue weighted by atomic mass is 16.4. The van der Waals surface area contributed by atoms with E-state index in [-0.39, 0.29) is 30.0 Å². The van der Waals surface area contributed by atoms with Crippen molar-refractivity contribution in [2.45, 2.75) is 69.9 Å². The highest BCUT2D eigenvalue weighted by Crippen LogP contribution is 2.28. The fourth-order valence-electron chi connectivity index (χ4n) is 4.07. The number of nitrogens with one attached hydrogen (secondary N) is 1. The van der Waals surface area contributed by atoms with E-state index in [1.165, 1.54) is 32.1 Å². The molecule has 1 saturated carbocycles. The maximum Gasteiger partial charge on any atom is 0.357 e. The Kier molecular flexibility index (Phi) is 8.02. The van der Waals surface area contributed by atoms with E-state index in [4.69, 9.17) is 9.52 Å². The van der Waals surface area contributed by atoms with Gasteiger partial charge in [0.25, 0.3) is 0 Å². The number of carboxylic acid groups (broad SMARTS) is 1. The van der Waals surface area contributed by atoms with E-state index in [0.29, 0.717) is 18.8 Å². The van der Waals surface area contributed by atoms with E-state index in [9.17, 15) is 14.7 Å². The van der Waals surface area contributed by atoms with Gasteiger partial charge in [0.05, 0.1) is 6.04 Å². The van der Waals surface area contributed by atoms with Crippen LogP contribution in [0.3, 0.4) is 0 Å². The average Bonchev–Trinajstić information content (AvgIpc) is 3.27. The van der Waals surface area contributed by atoms with E-state index in [1.54, 1.807) is 0 Å². The summed E-state index contributed by atoms with van der Waals surface area (Å²) in [4.78, 5) is 27.3. The van der Waals surface area contributed by atoms with Gasteiger partial charge in [-0.05, 0) is 30.7 Å². The van der Waals surface area contributed by atoms with Crippen molar-refractivity contribution in [3.05, 3.63) is 53.7 Å². The average molecular weight is 415 g/mol. The van der Waals surface area contributed by atoms with Gasteiger partial charge in [0.15, 0.2) is 5.69 Å². The van der Waals surface area contributed by atoms with Gasteiger partial charge in [0, 0.05) is 6.42 Å². The van der Waals surface area contributed by atoms with Crippen LogP contribution in [0.1, 0.15) is 91.9 Å². The van der Waals surface area contributed by atoms with Crippen molar-refractivity contribution in [3.8, 4) is 0 Å². The summed E-state index contributed by atoms with van der Waals surface area (Å²) in [5.41, 5.74) is 0.731. The Morgan fingerprint density at radius 2 is 1.87 bits per heavy atom. The number of carboxylic acids is 1. The number of aliphatic hydroxyl groups is 1. The van der Waals surface area contributed by atoms with Gasteiger partial charge in [-0.1, -0.05) is 62.4 Å². The molecule has 1 aliphatic carbocycles. The third-order valence-electron chi connectivity index (χ3n) is 5.80. The number of oxazole rings is 1. The molecule has 2 unspecified atom stereocenters. The first-order valence-corrected chi connectivity index (χ1v) is 10.7. The summed E-state index contributed by atoms with van der Waals surface area (Å²) in [6, 6.07) is 9.41. The van der Waals surface area contributed by atoms with Gasteiger partial charge in [-0.25, -0.2) is 9.78 Å². The summed E-state index contributed by atoms with van der Waals surface area (Å²) in [7, 11) is 0. The van der Waals surface area contributed by atoms with Crippen molar-refractivity contribution in [1.82, 2.24) is 10.3 Å². The normalized spacial score (nSPS) is 16.7. The molecule has 7 nitrogen and oxygen atoms in total. The molecule has 0 aliphatic heterocycles. The second-order valence-corrected chi connectivity index (χ2v) is 8.04. The topological polar surface area (TPSA) is 113 Å². The lowest BCUT2D eigenvalue weighted by atomic mass is 9.86. The predicted molar refractivity (Wildman–Crippen MR) is 111 cm³/mol. The number of amides is 1. The van der Waals surface area contributed by atoms with Crippen LogP contribution in [0.15, 0.2) is 41.0 Å². The van der Waals surface area contributed by atoms with Crippen LogP contribution in [0.25, 0.3) is 0 Å².